The van der Waals surface area contributed by atoms with Gasteiger partial charge in [-0.25, -0.2) is 4.98 Å². The molecule has 0 unspecified atom stereocenters. The Hall–Kier alpha value is -1.71. The van der Waals surface area contributed by atoms with Crippen molar-refractivity contribution in [1.82, 2.24) is 4.98 Å². The molecule has 0 atom stereocenters. The average molecular weight is 178 g/mol. The second-order valence-corrected chi connectivity index (χ2v) is 2.49. The highest BCUT2D eigenvalue weighted by Crippen LogP contribution is 2.04. The van der Waals surface area contributed by atoms with Crippen molar-refractivity contribution in [2.45, 2.75) is 13.3 Å². The summed E-state index contributed by atoms with van der Waals surface area (Å²) in [5, 5.41) is 2.56. The Kier molecular flexibility index (Phi) is 3.14. The van der Waals surface area contributed by atoms with E-state index < -0.39 is 0 Å². The summed E-state index contributed by atoms with van der Waals surface area (Å²) >= 11 is 0. The van der Waals surface area contributed by atoms with Gasteiger partial charge >= 0.3 is 0 Å². The molecule has 1 N–H and O–H groups in total. The van der Waals surface area contributed by atoms with Gasteiger partial charge in [0.15, 0.2) is 0 Å². The maximum Gasteiger partial charge on any atom is 0.225 e. The number of aromatic nitrogens is 1. The number of carbonyl (C=O) groups is 2. The number of hydrogen-bond acceptors (Lipinski definition) is 3. The van der Waals surface area contributed by atoms with Gasteiger partial charge in [-0.05, 0) is 12.1 Å². The summed E-state index contributed by atoms with van der Waals surface area (Å²) in [6, 6.07) is 3.11. The van der Waals surface area contributed by atoms with Crippen molar-refractivity contribution in [3.8, 4) is 0 Å². The average Bonchev–Trinajstić information content (AvgIpc) is 2.18. The summed E-state index contributed by atoms with van der Waals surface area (Å²) in [6.45, 7) is 1.75. The number of rotatable bonds is 3. The third kappa shape index (κ3) is 2.66. The van der Waals surface area contributed by atoms with Gasteiger partial charge in [-0.15, -0.1) is 0 Å². The summed E-state index contributed by atoms with van der Waals surface area (Å²) in [6.07, 6.45) is 2.59. The molecular formula is C9H10N2O2. The zero-order valence-corrected chi connectivity index (χ0v) is 7.28. The van der Waals surface area contributed by atoms with E-state index in [4.69, 9.17) is 0 Å². The van der Waals surface area contributed by atoms with Crippen LogP contribution >= 0.6 is 0 Å². The van der Waals surface area contributed by atoms with Gasteiger partial charge in [0.2, 0.25) is 5.91 Å². The first-order valence-electron chi connectivity index (χ1n) is 3.97. The van der Waals surface area contributed by atoms with Crippen LogP contribution in [0.5, 0.6) is 0 Å². The molecule has 1 aromatic heterocycles. The van der Waals surface area contributed by atoms with E-state index >= 15 is 0 Å². The lowest BCUT2D eigenvalue weighted by atomic mass is 10.3. The molecule has 0 spiro atoms. The SMILES string of the molecule is CCC(=O)Nc1cc(C=O)ccn1. The normalized spacial score (nSPS) is 9.31. The standard InChI is InChI=1S/C9H10N2O2/c1-2-9(13)11-8-5-7(6-12)3-4-10-8/h3-6H,2H2,1H3,(H,10,11,13). The second-order valence-electron chi connectivity index (χ2n) is 2.49. The minimum atomic E-state index is -0.115. The number of aldehydes is 1. The van der Waals surface area contributed by atoms with E-state index in [1.165, 1.54) is 12.3 Å². The first-order chi connectivity index (χ1) is 6.26. The van der Waals surface area contributed by atoms with Gasteiger partial charge in [0.1, 0.15) is 12.1 Å². The van der Waals surface area contributed by atoms with Crippen molar-refractivity contribution in [3.63, 3.8) is 0 Å². The molecule has 0 aliphatic carbocycles. The zero-order valence-electron chi connectivity index (χ0n) is 7.28. The smallest absolute Gasteiger partial charge is 0.225 e. The molecule has 0 aliphatic heterocycles. The molecule has 0 aromatic carbocycles. The molecule has 13 heavy (non-hydrogen) atoms. The van der Waals surface area contributed by atoms with Crippen LogP contribution < -0.4 is 5.32 Å². The third-order valence-corrected chi connectivity index (χ3v) is 1.51. The zero-order chi connectivity index (χ0) is 9.68. The van der Waals surface area contributed by atoms with Gasteiger partial charge in [0, 0.05) is 18.2 Å². The number of pyridine rings is 1. The number of anilines is 1. The van der Waals surface area contributed by atoms with Crippen molar-refractivity contribution in [1.29, 1.82) is 0 Å². The number of carbonyl (C=O) groups excluding carboxylic acids is 2. The molecule has 0 saturated carbocycles. The molecule has 0 radical (unpaired) electrons. The molecule has 1 aromatic rings. The molecule has 0 bridgehead atoms. The summed E-state index contributed by atoms with van der Waals surface area (Å²) in [5.41, 5.74) is 0.501. The fourth-order valence-corrected chi connectivity index (χ4v) is 0.820. The number of nitrogens with zero attached hydrogens (tertiary/aromatic N) is 1. The predicted octanol–water partition coefficient (Wildman–Crippen LogP) is 1.24. The van der Waals surface area contributed by atoms with E-state index in [0.717, 1.165) is 0 Å². The summed E-state index contributed by atoms with van der Waals surface area (Å²) in [7, 11) is 0. The van der Waals surface area contributed by atoms with Crippen LogP contribution in [-0.4, -0.2) is 17.2 Å². The van der Waals surface area contributed by atoms with E-state index in [1.807, 2.05) is 0 Å². The Morgan fingerprint density at radius 3 is 3.08 bits per heavy atom. The molecule has 68 valence electrons. The quantitative estimate of drug-likeness (QED) is 0.708. The van der Waals surface area contributed by atoms with E-state index in [-0.39, 0.29) is 5.91 Å². The molecule has 0 saturated heterocycles. The number of hydrogen-bond donors (Lipinski definition) is 1. The molecule has 1 heterocycles. The van der Waals surface area contributed by atoms with Gasteiger partial charge < -0.3 is 5.32 Å². The van der Waals surface area contributed by atoms with Crippen LogP contribution in [0.25, 0.3) is 0 Å². The molecule has 0 aliphatic rings. The van der Waals surface area contributed by atoms with Crippen LogP contribution in [0, 0.1) is 0 Å². The van der Waals surface area contributed by atoms with Crippen molar-refractivity contribution < 1.29 is 9.59 Å². The summed E-state index contributed by atoms with van der Waals surface area (Å²) < 4.78 is 0. The summed E-state index contributed by atoms with van der Waals surface area (Å²) in [4.78, 5) is 25.2. The van der Waals surface area contributed by atoms with Crippen LogP contribution in [0.3, 0.4) is 0 Å². The third-order valence-electron chi connectivity index (χ3n) is 1.51. The Morgan fingerprint density at radius 1 is 1.69 bits per heavy atom. The predicted molar refractivity (Wildman–Crippen MR) is 48.5 cm³/mol. The Morgan fingerprint density at radius 2 is 2.46 bits per heavy atom. The Bertz CT molecular complexity index is 323. The lowest BCUT2D eigenvalue weighted by Crippen LogP contribution is -2.10. The van der Waals surface area contributed by atoms with Crippen molar-refractivity contribution in [2.24, 2.45) is 0 Å². The Balaban J connectivity index is 2.77. The van der Waals surface area contributed by atoms with Crippen molar-refractivity contribution in [3.05, 3.63) is 23.9 Å². The molecular weight excluding hydrogens is 168 g/mol. The van der Waals surface area contributed by atoms with Crippen molar-refractivity contribution >= 4 is 18.0 Å². The van der Waals surface area contributed by atoms with Gasteiger partial charge in [-0.2, -0.15) is 0 Å². The van der Waals surface area contributed by atoms with Crippen LogP contribution in [0.2, 0.25) is 0 Å². The molecule has 4 heteroatoms. The number of nitrogens with one attached hydrogen (secondary N) is 1. The van der Waals surface area contributed by atoms with E-state index in [2.05, 4.69) is 10.3 Å². The first-order valence-corrected chi connectivity index (χ1v) is 3.97. The topological polar surface area (TPSA) is 59.1 Å². The minimum Gasteiger partial charge on any atom is -0.311 e. The second kappa shape index (κ2) is 4.35. The maximum atomic E-state index is 10.9. The van der Waals surface area contributed by atoms with Gasteiger partial charge in [-0.3, -0.25) is 9.59 Å². The van der Waals surface area contributed by atoms with Crippen LogP contribution in [-0.2, 0) is 4.79 Å². The monoisotopic (exact) mass is 178 g/mol. The molecule has 1 amide bonds. The van der Waals surface area contributed by atoms with Crippen molar-refractivity contribution in [2.75, 3.05) is 5.32 Å². The highest BCUT2D eigenvalue weighted by molar-refractivity contribution is 5.90. The largest absolute Gasteiger partial charge is 0.311 e. The van der Waals surface area contributed by atoms with Crippen LogP contribution in [0.4, 0.5) is 5.82 Å². The van der Waals surface area contributed by atoms with E-state index in [1.54, 1.807) is 13.0 Å². The van der Waals surface area contributed by atoms with Gasteiger partial charge in [0.05, 0.1) is 0 Å². The lowest BCUT2D eigenvalue weighted by molar-refractivity contribution is -0.115. The highest BCUT2D eigenvalue weighted by Gasteiger charge is 1.99. The fraction of sp³-hybridized carbons (Fsp3) is 0.222. The molecule has 4 nitrogen and oxygen atoms in total. The van der Waals surface area contributed by atoms with Crippen LogP contribution in [0.15, 0.2) is 18.3 Å². The highest BCUT2D eigenvalue weighted by atomic mass is 16.1. The Labute approximate surface area is 76.0 Å². The fourth-order valence-electron chi connectivity index (χ4n) is 0.820. The lowest BCUT2D eigenvalue weighted by Gasteiger charge is -2.01. The van der Waals surface area contributed by atoms with Gasteiger partial charge in [-0.1, -0.05) is 6.92 Å². The minimum absolute atomic E-state index is 0.115. The van der Waals surface area contributed by atoms with Crippen LogP contribution in [0.1, 0.15) is 23.7 Å². The molecule has 0 fully saturated rings. The van der Waals surface area contributed by atoms with E-state index in [0.29, 0.717) is 24.1 Å². The molecule has 1 rings (SSSR count). The number of amides is 1. The van der Waals surface area contributed by atoms with E-state index in [9.17, 15) is 9.59 Å². The maximum absolute atomic E-state index is 10.9. The van der Waals surface area contributed by atoms with Gasteiger partial charge in [0.25, 0.3) is 0 Å². The first kappa shape index (κ1) is 9.38. The summed E-state index contributed by atoms with van der Waals surface area (Å²) in [5.74, 6) is 0.298.